The van der Waals surface area contributed by atoms with E-state index in [2.05, 4.69) is 139 Å². The first kappa shape index (κ1) is 32.2. The van der Waals surface area contributed by atoms with Gasteiger partial charge in [-0.3, -0.25) is 0 Å². The van der Waals surface area contributed by atoms with Crippen molar-refractivity contribution in [3.63, 3.8) is 0 Å². The third-order valence-electron chi connectivity index (χ3n) is 10.4. The minimum Gasteiger partial charge on any atom is -1.00 e. The standard InChI is InChI=1S/2C19H19.C2H4.2ClH.Hf/c2*1-13(2)16-11-18-14(3)9-10-17(19(18)12-16)15-7-5-4-6-8-15;1-2;;;/h2*4-13H,1-3H3;1-2H2;2*1H;/q;;;;;+2/p-2. The number of aryl methyl sites for hydroxylation is 2. The average Bonchev–Trinajstić information content (AvgIpc) is 3.47. The van der Waals surface area contributed by atoms with E-state index in [1.807, 2.05) is 0 Å². The van der Waals surface area contributed by atoms with Gasteiger partial charge in [-0.2, -0.15) is 0 Å². The van der Waals surface area contributed by atoms with Crippen molar-refractivity contribution in [1.82, 2.24) is 0 Å². The van der Waals surface area contributed by atoms with Gasteiger partial charge in [-0.1, -0.05) is 0 Å². The van der Waals surface area contributed by atoms with E-state index >= 15 is 0 Å². The summed E-state index contributed by atoms with van der Waals surface area (Å²) in [6, 6.07) is 31.8. The Bertz CT molecular complexity index is 1580. The Morgan fingerprint density at radius 1 is 0.535 bits per heavy atom. The summed E-state index contributed by atoms with van der Waals surface area (Å²) in [5, 5.41) is 0. The van der Waals surface area contributed by atoms with E-state index in [9.17, 15) is 0 Å². The molecular weight excluding hydrogens is 730 g/mol. The molecule has 0 radical (unpaired) electrons. The van der Waals surface area contributed by atoms with Gasteiger partial charge in [-0.05, 0) is 0 Å². The molecule has 4 aromatic carbocycles. The van der Waals surface area contributed by atoms with Gasteiger partial charge in [0.1, 0.15) is 0 Å². The van der Waals surface area contributed by atoms with Crippen molar-refractivity contribution in [2.75, 3.05) is 0 Å². The van der Waals surface area contributed by atoms with Crippen LogP contribution in [0.4, 0.5) is 0 Å². The molecule has 2 aliphatic carbocycles. The molecule has 0 spiro atoms. The summed E-state index contributed by atoms with van der Waals surface area (Å²) in [6.07, 6.45) is 5.31. The summed E-state index contributed by atoms with van der Waals surface area (Å²) in [5.74, 6) is 1.13. The van der Waals surface area contributed by atoms with Gasteiger partial charge in [-0.25, -0.2) is 0 Å². The molecule has 7 rings (SSSR count). The quantitative estimate of drug-likeness (QED) is 0.226. The van der Waals surface area contributed by atoms with Crippen LogP contribution in [0.2, 0.25) is 8.35 Å². The second-order valence-corrected chi connectivity index (χ2v) is 30.0. The second-order valence-electron chi connectivity index (χ2n) is 13.4. The Hall–Kier alpha value is -2.19. The number of hydrogen-bond acceptors (Lipinski definition) is 0. The molecule has 43 heavy (non-hydrogen) atoms. The molecule has 0 amide bonds. The van der Waals surface area contributed by atoms with E-state index in [1.54, 1.807) is 22.3 Å². The van der Waals surface area contributed by atoms with Crippen LogP contribution in [-0.4, -0.2) is 0 Å². The summed E-state index contributed by atoms with van der Waals surface area (Å²) in [6.45, 7) is 14.6. The van der Waals surface area contributed by atoms with E-state index in [1.165, 1.54) is 52.9 Å². The molecular formula is C40H42Cl2Hf. The molecule has 1 aliphatic heterocycles. The monoisotopic (exact) mass is 772 g/mol. The smallest absolute Gasteiger partial charge is 1.00 e. The Kier molecular flexibility index (Phi) is 9.22. The van der Waals surface area contributed by atoms with E-state index in [0.717, 1.165) is 0 Å². The van der Waals surface area contributed by atoms with Crippen LogP contribution in [0.15, 0.2) is 96.1 Å². The number of rotatable bonds is 6. The fourth-order valence-corrected chi connectivity index (χ4v) is 37.8. The molecule has 3 heteroatoms. The number of fused-ring (bicyclic) bond motifs is 2. The van der Waals surface area contributed by atoms with Crippen LogP contribution < -0.4 is 24.8 Å². The number of halogens is 2. The largest absolute Gasteiger partial charge is 1.00 e. The van der Waals surface area contributed by atoms with E-state index in [4.69, 9.17) is 0 Å². The Morgan fingerprint density at radius 2 is 0.907 bits per heavy atom. The molecule has 0 N–H and O–H groups in total. The molecule has 0 saturated carbocycles. The zero-order chi connectivity index (χ0) is 28.5. The average molecular weight is 772 g/mol. The molecule has 1 saturated heterocycles. The summed E-state index contributed by atoms with van der Waals surface area (Å²) in [7, 11) is 0. The van der Waals surface area contributed by atoms with Gasteiger partial charge in [0.25, 0.3) is 0 Å². The molecule has 1 fully saturated rings. The molecule has 2 atom stereocenters. The summed E-state index contributed by atoms with van der Waals surface area (Å²) < 4.78 is 4.39. The normalized spacial score (nSPS) is 18.5. The van der Waals surface area contributed by atoms with E-state index < -0.39 is 20.0 Å². The van der Waals surface area contributed by atoms with Gasteiger partial charge >= 0.3 is 253 Å². The van der Waals surface area contributed by atoms with Gasteiger partial charge in [-0.15, -0.1) is 0 Å². The van der Waals surface area contributed by atoms with Crippen LogP contribution >= 0.6 is 0 Å². The van der Waals surface area contributed by atoms with E-state index in [0.29, 0.717) is 19.2 Å². The van der Waals surface area contributed by atoms with Crippen LogP contribution in [0.1, 0.15) is 68.4 Å². The van der Waals surface area contributed by atoms with Gasteiger partial charge in [0, 0.05) is 0 Å². The van der Waals surface area contributed by atoms with Crippen molar-refractivity contribution in [3.05, 3.63) is 129 Å². The summed E-state index contributed by atoms with van der Waals surface area (Å²) in [4.78, 5) is 0. The predicted octanol–water partition coefficient (Wildman–Crippen LogP) is 5.54. The van der Waals surface area contributed by atoms with Gasteiger partial charge in [0.05, 0.1) is 0 Å². The predicted molar refractivity (Wildman–Crippen MR) is 174 cm³/mol. The SMILES string of the molecule is Cc1ccc(-c2ccccc2)c2c1[CH]([Hf+2]1([CH]3C(C(C)C)=Cc4c(-c5ccccc5)ccc(C)c43)[CH2][CH2]1)C(C(C)C)=C2.[Cl-].[Cl-]. The van der Waals surface area contributed by atoms with Crippen molar-refractivity contribution in [3.8, 4) is 22.3 Å². The van der Waals surface area contributed by atoms with Crippen LogP contribution in [-0.2, 0) is 20.0 Å². The molecule has 0 bridgehead atoms. The Labute approximate surface area is 275 Å². The van der Waals surface area contributed by atoms with Gasteiger partial charge in [0.15, 0.2) is 0 Å². The molecule has 2 unspecified atom stereocenters. The third-order valence-corrected chi connectivity index (χ3v) is 29.0. The van der Waals surface area contributed by atoms with Crippen molar-refractivity contribution < 1.29 is 44.8 Å². The maximum atomic E-state index is 2.65. The number of benzene rings is 4. The van der Waals surface area contributed by atoms with Crippen LogP contribution in [0, 0.1) is 25.7 Å². The van der Waals surface area contributed by atoms with Gasteiger partial charge < -0.3 is 24.8 Å². The first-order valence-electron chi connectivity index (χ1n) is 15.6. The maximum absolute atomic E-state index is 3.00. The topological polar surface area (TPSA) is 0 Å². The van der Waals surface area contributed by atoms with Crippen molar-refractivity contribution in [1.29, 1.82) is 0 Å². The number of allylic oxidation sites excluding steroid dienone is 2. The van der Waals surface area contributed by atoms with Crippen molar-refractivity contribution >= 4 is 12.2 Å². The molecule has 1 heterocycles. The summed E-state index contributed by atoms with van der Waals surface area (Å²) in [5.41, 5.74) is 18.5. The van der Waals surface area contributed by atoms with E-state index in [-0.39, 0.29) is 24.8 Å². The second kappa shape index (κ2) is 12.3. The molecule has 0 aromatic heterocycles. The molecule has 4 aromatic rings. The molecule has 220 valence electrons. The minimum atomic E-state index is -3.00. The third kappa shape index (κ3) is 5.18. The first-order valence-corrected chi connectivity index (χ1v) is 24.9. The van der Waals surface area contributed by atoms with Crippen LogP contribution in [0.3, 0.4) is 0 Å². The van der Waals surface area contributed by atoms with Crippen LogP contribution in [0.25, 0.3) is 34.4 Å². The number of hydrogen-bond donors (Lipinski definition) is 0. The first-order chi connectivity index (χ1) is 19.8. The molecule has 3 aliphatic rings. The zero-order valence-electron chi connectivity index (χ0n) is 26.2. The Morgan fingerprint density at radius 3 is 1.23 bits per heavy atom. The fourth-order valence-electron chi connectivity index (χ4n) is 8.27. The summed E-state index contributed by atoms with van der Waals surface area (Å²) >= 11 is -3.00. The Balaban J connectivity index is 0.00000184. The van der Waals surface area contributed by atoms with Crippen molar-refractivity contribution in [2.24, 2.45) is 11.8 Å². The fraction of sp³-hybridized carbons (Fsp3) is 0.300. The van der Waals surface area contributed by atoms with Crippen molar-refractivity contribution in [2.45, 2.75) is 57.2 Å². The minimum absolute atomic E-state index is 0. The van der Waals surface area contributed by atoms with Crippen LogP contribution in [0.5, 0.6) is 0 Å². The maximum Gasteiger partial charge on any atom is -1.00 e. The molecule has 0 nitrogen and oxygen atoms in total. The zero-order valence-corrected chi connectivity index (χ0v) is 31.3. The van der Waals surface area contributed by atoms with Gasteiger partial charge in [0.2, 0.25) is 0 Å².